The number of dihydropyridines is 1. The number of aromatic nitrogens is 1. The molecular formula is C14H18N2O. The maximum atomic E-state index is 9.59. The van der Waals surface area contributed by atoms with E-state index in [0.29, 0.717) is 0 Å². The Morgan fingerprint density at radius 1 is 1.29 bits per heavy atom. The van der Waals surface area contributed by atoms with Crippen LogP contribution in [0.5, 0.6) is 5.75 Å². The highest BCUT2D eigenvalue weighted by Crippen LogP contribution is 2.32. The van der Waals surface area contributed by atoms with Gasteiger partial charge in [-0.15, -0.1) is 0 Å². The molecule has 2 rings (SSSR count). The predicted molar refractivity (Wildman–Crippen MR) is 70.6 cm³/mol. The first kappa shape index (κ1) is 11.8. The van der Waals surface area contributed by atoms with Gasteiger partial charge in [-0.2, -0.15) is 0 Å². The second-order valence-electron chi connectivity index (χ2n) is 5.32. The molecule has 90 valence electrons. The van der Waals surface area contributed by atoms with E-state index in [0.717, 1.165) is 24.2 Å². The van der Waals surface area contributed by atoms with Crippen LogP contribution in [0.1, 0.15) is 38.4 Å². The monoisotopic (exact) mass is 230 g/mol. The topological polar surface area (TPSA) is 45.5 Å². The van der Waals surface area contributed by atoms with Crippen molar-refractivity contribution in [2.75, 3.05) is 6.54 Å². The van der Waals surface area contributed by atoms with Crippen LogP contribution in [0.2, 0.25) is 0 Å². The number of pyridine rings is 1. The summed E-state index contributed by atoms with van der Waals surface area (Å²) < 4.78 is 0. The van der Waals surface area contributed by atoms with Crippen LogP contribution in [0.15, 0.2) is 23.3 Å². The molecule has 3 heteroatoms. The van der Waals surface area contributed by atoms with Crippen LogP contribution in [0.3, 0.4) is 0 Å². The van der Waals surface area contributed by atoms with E-state index in [1.165, 1.54) is 11.8 Å². The number of aromatic hydroxyl groups is 1. The minimum absolute atomic E-state index is 0.0312. The third-order valence-corrected chi connectivity index (χ3v) is 2.87. The van der Waals surface area contributed by atoms with Gasteiger partial charge >= 0.3 is 0 Å². The van der Waals surface area contributed by atoms with Crippen molar-refractivity contribution in [3.63, 3.8) is 0 Å². The molecule has 17 heavy (non-hydrogen) atoms. The van der Waals surface area contributed by atoms with Crippen LogP contribution >= 0.6 is 0 Å². The van der Waals surface area contributed by atoms with Crippen molar-refractivity contribution in [1.82, 2.24) is 4.98 Å². The quantitative estimate of drug-likeness (QED) is 0.806. The van der Waals surface area contributed by atoms with Crippen molar-refractivity contribution < 1.29 is 5.11 Å². The second-order valence-corrected chi connectivity index (χ2v) is 5.32. The van der Waals surface area contributed by atoms with E-state index in [-0.39, 0.29) is 11.2 Å². The molecule has 2 heterocycles. The van der Waals surface area contributed by atoms with Crippen LogP contribution < -0.4 is 0 Å². The van der Waals surface area contributed by atoms with Crippen LogP contribution in [-0.2, 0) is 5.41 Å². The van der Waals surface area contributed by atoms with Gasteiger partial charge in [0.1, 0.15) is 5.75 Å². The standard InChI is InChI=1S/C14H18N2O/c1-14(2,3)12-8-11(17)9-16-13(12)10-4-6-15-7-5-10/h4,7-9,17H,5-6H2,1-3H3. The summed E-state index contributed by atoms with van der Waals surface area (Å²) >= 11 is 0. The summed E-state index contributed by atoms with van der Waals surface area (Å²) in [5.74, 6) is 0.226. The Morgan fingerprint density at radius 3 is 2.65 bits per heavy atom. The van der Waals surface area contributed by atoms with Gasteiger partial charge in [0.2, 0.25) is 0 Å². The Labute approximate surface area is 102 Å². The zero-order valence-corrected chi connectivity index (χ0v) is 10.6. The van der Waals surface area contributed by atoms with Gasteiger partial charge in [0, 0.05) is 12.6 Å². The van der Waals surface area contributed by atoms with Crippen LogP contribution in [0, 0.1) is 0 Å². The molecule has 0 fully saturated rings. The Balaban J connectivity index is 2.50. The predicted octanol–water partition coefficient (Wildman–Crippen LogP) is 2.94. The van der Waals surface area contributed by atoms with E-state index in [1.54, 1.807) is 0 Å². The van der Waals surface area contributed by atoms with E-state index in [9.17, 15) is 5.11 Å². The van der Waals surface area contributed by atoms with Crippen molar-refractivity contribution in [2.45, 2.75) is 32.6 Å². The highest BCUT2D eigenvalue weighted by molar-refractivity contribution is 5.81. The van der Waals surface area contributed by atoms with E-state index in [2.05, 4.69) is 36.8 Å². The summed E-state index contributed by atoms with van der Waals surface area (Å²) in [6.45, 7) is 7.11. The minimum Gasteiger partial charge on any atom is -0.506 e. The molecule has 0 unspecified atom stereocenters. The molecule has 0 spiro atoms. The van der Waals surface area contributed by atoms with Gasteiger partial charge in [-0.1, -0.05) is 26.8 Å². The Hall–Kier alpha value is -1.64. The maximum absolute atomic E-state index is 9.59. The van der Waals surface area contributed by atoms with Gasteiger partial charge in [0.15, 0.2) is 0 Å². The fourth-order valence-corrected chi connectivity index (χ4v) is 1.96. The van der Waals surface area contributed by atoms with E-state index in [1.807, 2.05) is 12.3 Å². The average molecular weight is 230 g/mol. The number of hydrogen-bond acceptors (Lipinski definition) is 3. The fourth-order valence-electron chi connectivity index (χ4n) is 1.96. The van der Waals surface area contributed by atoms with Gasteiger partial charge in [-0.05, 0) is 22.6 Å². The van der Waals surface area contributed by atoms with Crippen molar-refractivity contribution >= 4 is 11.8 Å². The molecular weight excluding hydrogens is 212 g/mol. The van der Waals surface area contributed by atoms with E-state index < -0.39 is 0 Å². The minimum atomic E-state index is -0.0312. The summed E-state index contributed by atoms with van der Waals surface area (Å²) in [6.07, 6.45) is 6.36. The first-order valence-corrected chi connectivity index (χ1v) is 5.85. The van der Waals surface area contributed by atoms with Gasteiger partial charge in [-0.3, -0.25) is 9.98 Å². The van der Waals surface area contributed by atoms with E-state index >= 15 is 0 Å². The molecule has 0 aromatic carbocycles. The third-order valence-electron chi connectivity index (χ3n) is 2.87. The maximum Gasteiger partial charge on any atom is 0.134 e. The molecule has 1 aliphatic rings. The smallest absolute Gasteiger partial charge is 0.134 e. The highest BCUT2D eigenvalue weighted by Gasteiger charge is 2.21. The van der Waals surface area contributed by atoms with Crippen LogP contribution in [-0.4, -0.2) is 22.8 Å². The zero-order chi connectivity index (χ0) is 12.5. The van der Waals surface area contributed by atoms with Crippen molar-refractivity contribution in [1.29, 1.82) is 0 Å². The molecule has 1 aromatic heterocycles. The molecule has 0 aliphatic carbocycles. The van der Waals surface area contributed by atoms with Crippen molar-refractivity contribution in [3.05, 3.63) is 29.6 Å². The highest BCUT2D eigenvalue weighted by atomic mass is 16.3. The Bertz CT molecular complexity index is 481. The Kier molecular flexibility index (Phi) is 3.01. The Morgan fingerprint density at radius 2 is 2.06 bits per heavy atom. The summed E-state index contributed by atoms with van der Waals surface area (Å²) in [6, 6.07) is 1.81. The molecule has 0 saturated heterocycles. The lowest BCUT2D eigenvalue weighted by molar-refractivity contribution is 0.467. The van der Waals surface area contributed by atoms with Gasteiger partial charge in [0.25, 0.3) is 0 Å². The molecule has 0 saturated carbocycles. The van der Waals surface area contributed by atoms with Crippen LogP contribution in [0.4, 0.5) is 0 Å². The molecule has 0 bridgehead atoms. The first-order valence-electron chi connectivity index (χ1n) is 5.85. The second kappa shape index (κ2) is 4.32. The number of allylic oxidation sites excluding steroid dienone is 1. The first-order chi connectivity index (χ1) is 7.98. The molecule has 0 amide bonds. The van der Waals surface area contributed by atoms with Crippen molar-refractivity contribution in [2.24, 2.45) is 4.99 Å². The number of nitrogens with zero attached hydrogens (tertiary/aromatic N) is 2. The normalized spacial score (nSPS) is 15.8. The zero-order valence-electron chi connectivity index (χ0n) is 10.6. The lowest BCUT2D eigenvalue weighted by Crippen LogP contribution is -2.15. The lowest BCUT2D eigenvalue weighted by atomic mass is 9.83. The molecule has 0 atom stereocenters. The fraction of sp³-hybridized carbons (Fsp3) is 0.429. The summed E-state index contributed by atoms with van der Waals surface area (Å²) in [4.78, 5) is 8.57. The van der Waals surface area contributed by atoms with Gasteiger partial charge < -0.3 is 5.11 Å². The summed E-state index contributed by atoms with van der Waals surface area (Å²) in [7, 11) is 0. The number of rotatable bonds is 1. The number of aliphatic imine (C=N–C) groups is 1. The van der Waals surface area contributed by atoms with Crippen molar-refractivity contribution in [3.8, 4) is 5.75 Å². The van der Waals surface area contributed by atoms with Gasteiger partial charge in [-0.25, -0.2) is 0 Å². The summed E-state index contributed by atoms with van der Waals surface area (Å²) in [5, 5.41) is 9.59. The molecule has 3 nitrogen and oxygen atoms in total. The summed E-state index contributed by atoms with van der Waals surface area (Å²) in [5.41, 5.74) is 3.24. The number of hydrogen-bond donors (Lipinski definition) is 1. The lowest BCUT2D eigenvalue weighted by Gasteiger charge is -2.23. The SMILES string of the molecule is CC(C)(C)c1cc(O)cnc1C1=CCN=CC1. The molecule has 0 radical (unpaired) electrons. The average Bonchev–Trinajstić information content (AvgIpc) is 2.29. The van der Waals surface area contributed by atoms with E-state index in [4.69, 9.17) is 0 Å². The molecule has 1 aliphatic heterocycles. The molecule has 1 N–H and O–H groups in total. The van der Waals surface area contributed by atoms with Gasteiger partial charge in [0.05, 0.1) is 18.4 Å². The van der Waals surface area contributed by atoms with Crippen LogP contribution in [0.25, 0.3) is 5.57 Å². The third kappa shape index (κ3) is 2.54. The largest absolute Gasteiger partial charge is 0.506 e. The molecule has 1 aromatic rings.